The summed E-state index contributed by atoms with van der Waals surface area (Å²) in [6.07, 6.45) is 5.11. The zero-order valence-electron chi connectivity index (χ0n) is 15.4. The van der Waals surface area contributed by atoms with E-state index in [1.165, 1.54) is 6.07 Å². The van der Waals surface area contributed by atoms with Crippen LogP contribution in [0.2, 0.25) is 0 Å². The van der Waals surface area contributed by atoms with Crippen LogP contribution < -0.4 is 0 Å². The Morgan fingerprint density at radius 1 is 1.21 bits per heavy atom. The van der Waals surface area contributed by atoms with E-state index in [-0.39, 0.29) is 18.3 Å². The summed E-state index contributed by atoms with van der Waals surface area (Å²) in [5, 5.41) is 7.43. The van der Waals surface area contributed by atoms with Gasteiger partial charge in [-0.2, -0.15) is 5.10 Å². The van der Waals surface area contributed by atoms with Crippen molar-refractivity contribution in [1.29, 1.82) is 0 Å². The van der Waals surface area contributed by atoms with Gasteiger partial charge in [0.15, 0.2) is 0 Å². The van der Waals surface area contributed by atoms with E-state index < -0.39 is 6.04 Å². The summed E-state index contributed by atoms with van der Waals surface area (Å²) in [6, 6.07) is 9.75. The molecule has 1 aliphatic heterocycles. The van der Waals surface area contributed by atoms with Crippen LogP contribution in [0.15, 0.2) is 55.0 Å². The number of hydrogen-bond donors (Lipinski definition) is 2. The first-order chi connectivity index (χ1) is 14.2. The lowest BCUT2D eigenvalue weighted by molar-refractivity contribution is -0.00352. The molecule has 1 saturated heterocycles. The van der Waals surface area contributed by atoms with Crippen molar-refractivity contribution in [2.75, 3.05) is 19.8 Å². The number of hydrogen-bond acceptors (Lipinski definition) is 4. The Morgan fingerprint density at radius 3 is 2.93 bits per heavy atom. The van der Waals surface area contributed by atoms with Gasteiger partial charge in [-0.1, -0.05) is 18.2 Å². The van der Waals surface area contributed by atoms with Crippen LogP contribution in [0.25, 0.3) is 22.3 Å². The van der Waals surface area contributed by atoms with Gasteiger partial charge in [0.05, 0.1) is 36.7 Å². The normalized spacial score (nSPS) is 17.0. The molecule has 2 N–H and O–H groups in total. The summed E-state index contributed by atoms with van der Waals surface area (Å²) in [7, 11) is 0. The van der Waals surface area contributed by atoms with Crippen LogP contribution in [0.4, 0.5) is 4.39 Å². The number of amides is 1. The highest BCUT2D eigenvalue weighted by Crippen LogP contribution is 2.30. The summed E-state index contributed by atoms with van der Waals surface area (Å²) >= 11 is 0. The van der Waals surface area contributed by atoms with E-state index in [9.17, 15) is 9.18 Å². The third kappa shape index (κ3) is 3.07. The quantitative estimate of drug-likeness (QED) is 0.561. The maximum Gasteiger partial charge on any atom is 0.256 e. The highest BCUT2D eigenvalue weighted by molar-refractivity contribution is 6.06. The number of H-pyrrole nitrogens is 2. The number of aromatic nitrogens is 4. The van der Waals surface area contributed by atoms with E-state index in [1.54, 1.807) is 41.7 Å². The summed E-state index contributed by atoms with van der Waals surface area (Å²) in [6.45, 7) is 1.07. The number of carbonyl (C=O) groups is 1. The average molecular weight is 391 g/mol. The molecule has 0 bridgehead atoms. The lowest BCUT2D eigenvalue weighted by atomic mass is 10.0. The molecule has 0 saturated carbocycles. The van der Waals surface area contributed by atoms with E-state index in [0.29, 0.717) is 29.9 Å². The number of rotatable bonds is 3. The number of fused-ring (bicyclic) bond motifs is 1. The molecule has 8 heteroatoms. The number of benzene rings is 1. The highest BCUT2D eigenvalue weighted by atomic mass is 19.1. The van der Waals surface area contributed by atoms with Gasteiger partial charge in [-0.3, -0.25) is 9.89 Å². The molecule has 7 nitrogen and oxygen atoms in total. The summed E-state index contributed by atoms with van der Waals surface area (Å²) in [4.78, 5) is 22.7. The Balaban J connectivity index is 1.50. The molecule has 146 valence electrons. The number of halogens is 1. The monoisotopic (exact) mass is 391 g/mol. The molecule has 0 unspecified atom stereocenters. The van der Waals surface area contributed by atoms with Crippen LogP contribution in [0.1, 0.15) is 22.0 Å². The second-order valence-corrected chi connectivity index (χ2v) is 6.89. The number of nitrogens with one attached hydrogen (secondary N) is 2. The minimum absolute atomic E-state index is 0.175. The van der Waals surface area contributed by atoms with Crippen LogP contribution >= 0.6 is 0 Å². The van der Waals surface area contributed by atoms with Crippen molar-refractivity contribution in [3.63, 3.8) is 0 Å². The van der Waals surface area contributed by atoms with Crippen LogP contribution in [0.3, 0.4) is 0 Å². The second-order valence-electron chi connectivity index (χ2n) is 6.89. The third-order valence-corrected chi connectivity index (χ3v) is 5.22. The molecular formula is C21H18FN5O2. The van der Waals surface area contributed by atoms with E-state index in [1.807, 2.05) is 12.1 Å². The molecule has 5 rings (SSSR count). The van der Waals surface area contributed by atoms with E-state index in [4.69, 9.17) is 4.74 Å². The van der Waals surface area contributed by atoms with Crippen molar-refractivity contribution in [2.24, 2.45) is 0 Å². The fraction of sp³-hybridized carbons (Fsp3) is 0.190. The number of aromatic amines is 2. The van der Waals surface area contributed by atoms with Crippen LogP contribution in [-0.2, 0) is 4.74 Å². The number of carbonyl (C=O) groups excluding carboxylic acids is 1. The zero-order valence-corrected chi connectivity index (χ0v) is 15.4. The minimum atomic E-state index is -0.472. The predicted octanol–water partition coefficient (Wildman–Crippen LogP) is 3.31. The molecular weight excluding hydrogens is 373 g/mol. The Labute approximate surface area is 165 Å². The fourth-order valence-electron chi connectivity index (χ4n) is 3.74. The largest absolute Gasteiger partial charge is 0.377 e. The van der Waals surface area contributed by atoms with E-state index in [0.717, 1.165) is 16.6 Å². The van der Waals surface area contributed by atoms with Crippen molar-refractivity contribution in [3.8, 4) is 11.3 Å². The molecule has 0 radical (unpaired) electrons. The summed E-state index contributed by atoms with van der Waals surface area (Å²) in [5.41, 5.74) is 3.20. The van der Waals surface area contributed by atoms with Gasteiger partial charge in [0.25, 0.3) is 5.91 Å². The molecule has 1 atom stereocenters. The Hall–Kier alpha value is -3.52. The molecule has 1 aromatic carbocycles. The third-order valence-electron chi connectivity index (χ3n) is 5.22. The van der Waals surface area contributed by atoms with Gasteiger partial charge in [-0.15, -0.1) is 0 Å². The lowest BCUT2D eigenvalue weighted by Gasteiger charge is -2.36. The molecule has 0 aliphatic carbocycles. The Morgan fingerprint density at radius 2 is 2.10 bits per heavy atom. The Bertz CT molecular complexity index is 1170. The standard InChI is InChI=1S/C21H18FN5O2/c22-17-4-2-1-3-15(17)19-12-29-8-7-27(19)21(28)16-11-23-20-14(16)5-6-18(26-20)13-9-24-25-10-13/h1-6,9-11,19H,7-8,12H2,(H,23,26)(H,24,25)/t19-/m1/s1. The number of ether oxygens (including phenoxy) is 1. The lowest BCUT2D eigenvalue weighted by Crippen LogP contribution is -2.43. The summed E-state index contributed by atoms with van der Waals surface area (Å²) in [5.74, 6) is -0.517. The Kier molecular flexibility index (Phi) is 4.33. The van der Waals surface area contributed by atoms with Gasteiger partial charge >= 0.3 is 0 Å². The molecule has 1 fully saturated rings. The van der Waals surface area contributed by atoms with Crippen molar-refractivity contribution >= 4 is 16.9 Å². The molecule has 3 aromatic heterocycles. The molecule has 4 aromatic rings. The molecule has 4 heterocycles. The van der Waals surface area contributed by atoms with Crippen molar-refractivity contribution in [3.05, 3.63) is 71.9 Å². The molecule has 29 heavy (non-hydrogen) atoms. The van der Waals surface area contributed by atoms with Gasteiger partial charge < -0.3 is 14.6 Å². The minimum Gasteiger partial charge on any atom is -0.377 e. The van der Waals surface area contributed by atoms with Crippen molar-refractivity contribution < 1.29 is 13.9 Å². The first-order valence-corrected chi connectivity index (χ1v) is 9.33. The number of morpholine rings is 1. The van der Waals surface area contributed by atoms with Crippen LogP contribution in [0, 0.1) is 5.82 Å². The maximum absolute atomic E-state index is 14.4. The van der Waals surface area contributed by atoms with Crippen molar-refractivity contribution in [1.82, 2.24) is 25.1 Å². The van der Waals surface area contributed by atoms with Gasteiger partial charge in [0.1, 0.15) is 11.5 Å². The van der Waals surface area contributed by atoms with Crippen LogP contribution in [-0.4, -0.2) is 50.7 Å². The second kappa shape index (κ2) is 7.14. The molecule has 1 aliphatic rings. The highest BCUT2D eigenvalue weighted by Gasteiger charge is 2.32. The zero-order chi connectivity index (χ0) is 19.8. The van der Waals surface area contributed by atoms with E-state index >= 15 is 0 Å². The smallest absolute Gasteiger partial charge is 0.256 e. The first-order valence-electron chi connectivity index (χ1n) is 9.33. The van der Waals surface area contributed by atoms with Gasteiger partial charge in [-0.05, 0) is 18.2 Å². The topological polar surface area (TPSA) is 86.9 Å². The van der Waals surface area contributed by atoms with Crippen LogP contribution in [0.5, 0.6) is 0 Å². The molecule has 0 spiro atoms. The SMILES string of the molecule is O=C(c1c[nH]c2nc(-c3cn[nH]c3)ccc12)N1CCOC[C@@H]1c1ccccc1F. The van der Waals surface area contributed by atoms with Gasteiger partial charge in [-0.25, -0.2) is 9.37 Å². The molecule has 1 amide bonds. The van der Waals surface area contributed by atoms with Gasteiger partial charge in [0, 0.05) is 35.5 Å². The van der Waals surface area contributed by atoms with E-state index in [2.05, 4.69) is 20.2 Å². The fourth-order valence-corrected chi connectivity index (χ4v) is 3.74. The van der Waals surface area contributed by atoms with Gasteiger partial charge in [0.2, 0.25) is 0 Å². The number of pyridine rings is 1. The predicted molar refractivity (Wildman–Crippen MR) is 105 cm³/mol. The van der Waals surface area contributed by atoms with Crippen molar-refractivity contribution in [2.45, 2.75) is 6.04 Å². The number of nitrogens with zero attached hydrogens (tertiary/aromatic N) is 3. The maximum atomic E-state index is 14.4. The first kappa shape index (κ1) is 17.6. The average Bonchev–Trinajstić information content (AvgIpc) is 3.43. The summed E-state index contributed by atoms with van der Waals surface area (Å²) < 4.78 is 19.9.